The second kappa shape index (κ2) is 6.33. The van der Waals surface area contributed by atoms with E-state index in [1.54, 1.807) is 36.4 Å². The van der Waals surface area contributed by atoms with Crippen molar-refractivity contribution in [3.05, 3.63) is 64.9 Å². The summed E-state index contributed by atoms with van der Waals surface area (Å²) in [6, 6.07) is 9.90. The first-order valence-corrected chi connectivity index (χ1v) is 8.92. The second-order valence-electron chi connectivity index (χ2n) is 5.20. The van der Waals surface area contributed by atoms with Crippen LogP contribution in [0, 0.1) is 6.92 Å². The Balaban J connectivity index is 1.91. The predicted octanol–water partition coefficient (Wildman–Crippen LogP) is 3.09. The van der Waals surface area contributed by atoms with E-state index in [0.717, 1.165) is 9.87 Å². The van der Waals surface area contributed by atoms with Gasteiger partial charge in [-0.05, 0) is 31.2 Å². The summed E-state index contributed by atoms with van der Waals surface area (Å²) in [4.78, 5) is 4.29. The Morgan fingerprint density at radius 3 is 2.54 bits per heavy atom. The monoisotopic (exact) mass is 366 g/mol. The molecule has 1 aromatic carbocycles. The van der Waals surface area contributed by atoms with Crippen LogP contribution in [-0.4, -0.2) is 32.2 Å². The molecular weight excluding hydrogens is 352 g/mol. The molecule has 0 bridgehead atoms. The van der Waals surface area contributed by atoms with Gasteiger partial charge in [-0.15, -0.1) is 0 Å². The molecule has 0 radical (unpaired) electrons. The zero-order valence-electron chi connectivity index (χ0n) is 13.1. The van der Waals surface area contributed by atoms with Crippen LogP contribution < -0.4 is 0 Å². The van der Waals surface area contributed by atoms with Crippen LogP contribution in [-0.2, 0) is 14.8 Å². The molecule has 2 heterocycles. The normalized spacial score (nSPS) is 15.0. The SMILES string of the molecule is Cc1ccc(S(=O)(=O)N(C)C2=C(Cl)CN=C(c3ccco3)O2)cc1. The van der Waals surface area contributed by atoms with Crippen LogP contribution in [0.4, 0.5) is 0 Å². The molecule has 0 spiro atoms. The van der Waals surface area contributed by atoms with E-state index >= 15 is 0 Å². The molecule has 24 heavy (non-hydrogen) atoms. The molecule has 1 aliphatic heterocycles. The van der Waals surface area contributed by atoms with Crippen molar-refractivity contribution in [2.75, 3.05) is 13.6 Å². The topological polar surface area (TPSA) is 72.1 Å². The zero-order chi connectivity index (χ0) is 17.3. The third kappa shape index (κ3) is 3.05. The van der Waals surface area contributed by atoms with Crippen molar-refractivity contribution >= 4 is 27.5 Å². The molecule has 0 aliphatic carbocycles. The van der Waals surface area contributed by atoms with Gasteiger partial charge in [0.15, 0.2) is 5.76 Å². The standard InChI is InChI=1S/C16H15ClN2O4S/c1-11-5-7-12(8-6-11)24(20,21)19(2)16-13(17)10-18-15(23-16)14-4-3-9-22-14/h3-9H,10H2,1-2H3. The Hall–Kier alpha value is -2.25. The van der Waals surface area contributed by atoms with Gasteiger partial charge in [0, 0.05) is 7.05 Å². The van der Waals surface area contributed by atoms with Crippen LogP contribution in [0.3, 0.4) is 0 Å². The Kier molecular flexibility index (Phi) is 4.38. The van der Waals surface area contributed by atoms with Crippen molar-refractivity contribution in [1.82, 2.24) is 4.31 Å². The molecule has 0 saturated heterocycles. The highest BCUT2D eigenvalue weighted by molar-refractivity contribution is 7.89. The highest BCUT2D eigenvalue weighted by atomic mass is 35.5. The van der Waals surface area contributed by atoms with Crippen molar-refractivity contribution in [2.45, 2.75) is 11.8 Å². The van der Waals surface area contributed by atoms with Crippen LogP contribution in [0.5, 0.6) is 0 Å². The number of hydrogen-bond donors (Lipinski definition) is 0. The predicted molar refractivity (Wildman–Crippen MR) is 90.2 cm³/mol. The fourth-order valence-corrected chi connectivity index (χ4v) is 3.57. The van der Waals surface area contributed by atoms with Crippen LogP contribution in [0.1, 0.15) is 11.3 Å². The second-order valence-corrected chi connectivity index (χ2v) is 7.62. The van der Waals surface area contributed by atoms with Crippen LogP contribution in [0.15, 0.2) is 67.9 Å². The Bertz CT molecular complexity index is 900. The van der Waals surface area contributed by atoms with Crippen LogP contribution in [0.25, 0.3) is 0 Å². The maximum absolute atomic E-state index is 12.8. The number of hydrogen-bond acceptors (Lipinski definition) is 5. The number of ether oxygens (including phenoxy) is 1. The molecule has 126 valence electrons. The molecular formula is C16H15ClN2O4S. The third-order valence-corrected chi connectivity index (χ3v) is 5.52. The quantitative estimate of drug-likeness (QED) is 0.833. The summed E-state index contributed by atoms with van der Waals surface area (Å²) in [6.07, 6.45) is 1.48. The molecule has 2 aromatic rings. The average Bonchev–Trinajstić information content (AvgIpc) is 3.09. The maximum Gasteiger partial charge on any atom is 0.266 e. The number of furan rings is 1. The lowest BCUT2D eigenvalue weighted by Gasteiger charge is -2.25. The number of sulfonamides is 1. The maximum atomic E-state index is 12.8. The van der Waals surface area contributed by atoms with Crippen molar-refractivity contribution in [3.63, 3.8) is 0 Å². The summed E-state index contributed by atoms with van der Waals surface area (Å²) in [5.41, 5.74) is 0.968. The lowest BCUT2D eigenvalue weighted by atomic mass is 10.2. The van der Waals surface area contributed by atoms with E-state index in [1.165, 1.54) is 13.3 Å². The van der Waals surface area contributed by atoms with Crippen molar-refractivity contribution in [3.8, 4) is 0 Å². The van der Waals surface area contributed by atoms with Gasteiger partial charge in [-0.3, -0.25) is 0 Å². The number of halogens is 1. The van der Waals surface area contributed by atoms with Crippen molar-refractivity contribution < 1.29 is 17.6 Å². The summed E-state index contributed by atoms with van der Waals surface area (Å²) >= 11 is 6.13. The summed E-state index contributed by atoms with van der Waals surface area (Å²) in [5.74, 6) is 0.599. The van der Waals surface area contributed by atoms with Gasteiger partial charge >= 0.3 is 0 Å². The van der Waals surface area contributed by atoms with E-state index < -0.39 is 10.0 Å². The van der Waals surface area contributed by atoms with Gasteiger partial charge < -0.3 is 9.15 Å². The largest absolute Gasteiger partial charge is 0.459 e. The minimum absolute atomic E-state index is 0.0126. The third-order valence-electron chi connectivity index (χ3n) is 3.48. The Morgan fingerprint density at radius 1 is 1.21 bits per heavy atom. The summed E-state index contributed by atoms with van der Waals surface area (Å²) in [5, 5.41) is 0.198. The molecule has 0 fully saturated rings. The fraction of sp³-hybridized carbons (Fsp3) is 0.188. The van der Waals surface area contributed by atoms with Crippen LogP contribution >= 0.6 is 11.6 Å². The smallest absolute Gasteiger partial charge is 0.266 e. The van der Waals surface area contributed by atoms with Gasteiger partial charge in [0.1, 0.15) is 5.03 Å². The molecule has 0 N–H and O–H groups in total. The zero-order valence-corrected chi connectivity index (χ0v) is 14.6. The van der Waals surface area contributed by atoms with Gasteiger partial charge in [-0.25, -0.2) is 17.7 Å². The van der Waals surface area contributed by atoms with E-state index in [-0.39, 0.29) is 28.3 Å². The first-order chi connectivity index (χ1) is 11.4. The number of aliphatic imine (C=N–C) groups is 1. The number of nitrogens with zero attached hydrogens (tertiary/aromatic N) is 2. The summed E-state index contributed by atoms with van der Waals surface area (Å²) in [6.45, 7) is 2.00. The number of aryl methyl sites for hydroxylation is 1. The van der Waals surface area contributed by atoms with Crippen molar-refractivity contribution in [2.24, 2.45) is 4.99 Å². The van der Waals surface area contributed by atoms with E-state index in [4.69, 9.17) is 20.8 Å². The van der Waals surface area contributed by atoms with Gasteiger partial charge in [0.2, 0.25) is 5.88 Å². The van der Waals surface area contributed by atoms with Crippen molar-refractivity contribution in [1.29, 1.82) is 0 Å². The van der Waals surface area contributed by atoms with Gasteiger partial charge in [-0.1, -0.05) is 29.3 Å². The Labute approximate surface area is 145 Å². The summed E-state index contributed by atoms with van der Waals surface area (Å²) < 4.78 is 37.4. The lowest BCUT2D eigenvalue weighted by molar-refractivity contribution is 0.296. The average molecular weight is 367 g/mol. The lowest BCUT2D eigenvalue weighted by Crippen LogP contribution is -2.31. The Morgan fingerprint density at radius 2 is 1.92 bits per heavy atom. The minimum Gasteiger partial charge on any atom is -0.459 e. The van der Waals surface area contributed by atoms with Gasteiger partial charge in [-0.2, -0.15) is 0 Å². The molecule has 1 aromatic heterocycles. The molecule has 0 unspecified atom stereocenters. The molecule has 3 rings (SSSR count). The van der Waals surface area contributed by atoms with E-state index in [1.807, 2.05) is 6.92 Å². The molecule has 0 amide bonds. The molecule has 0 saturated carbocycles. The van der Waals surface area contributed by atoms with E-state index in [2.05, 4.69) is 4.99 Å². The van der Waals surface area contributed by atoms with Gasteiger partial charge in [0.05, 0.1) is 17.7 Å². The number of rotatable bonds is 4. The molecule has 1 aliphatic rings. The summed E-state index contributed by atoms with van der Waals surface area (Å²) in [7, 11) is -2.41. The first kappa shape index (κ1) is 16.6. The van der Waals surface area contributed by atoms with Crippen LogP contribution in [0.2, 0.25) is 0 Å². The molecule has 8 heteroatoms. The van der Waals surface area contributed by atoms with E-state index in [9.17, 15) is 8.42 Å². The highest BCUT2D eigenvalue weighted by Crippen LogP contribution is 2.27. The van der Waals surface area contributed by atoms with Gasteiger partial charge in [0.25, 0.3) is 15.9 Å². The first-order valence-electron chi connectivity index (χ1n) is 7.10. The highest BCUT2D eigenvalue weighted by Gasteiger charge is 2.30. The fourth-order valence-electron chi connectivity index (χ4n) is 2.13. The molecule has 6 nitrogen and oxygen atoms in total. The molecule has 0 atom stereocenters. The number of benzene rings is 1. The van der Waals surface area contributed by atoms with E-state index in [0.29, 0.717) is 5.76 Å². The minimum atomic E-state index is -3.80.